The van der Waals surface area contributed by atoms with Crippen LogP contribution in [0.15, 0.2) is 36.5 Å². The van der Waals surface area contributed by atoms with Gasteiger partial charge >= 0.3 is 17.9 Å². The van der Waals surface area contributed by atoms with Crippen LogP contribution in [0, 0.1) is 0 Å². The second-order valence-corrected chi connectivity index (χ2v) is 17.8. The van der Waals surface area contributed by atoms with Gasteiger partial charge < -0.3 is 14.2 Å². The molecule has 0 aliphatic heterocycles. The Morgan fingerprint density at radius 1 is 0.311 bits per heavy atom. The van der Waals surface area contributed by atoms with Crippen molar-refractivity contribution in [3.8, 4) is 0 Å². The maximum atomic E-state index is 12.8. The summed E-state index contributed by atoms with van der Waals surface area (Å²) in [6.07, 6.45) is 58.4. The molecular weight excluding hydrogens is 757 g/mol. The van der Waals surface area contributed by atoms with Gasteiger partial charge in [-0.25, -0.2) is 0 Å². The molecule has 0 rings (SSSR count). The third-order valence-corrected chi connectivity index (χ3v) is 11.6. The van der Waals surface area contributed by atoms with Gasteiger partial charge in [0, 0.05) is 19.3 Å². The van der Waals surface area contributed by atoms with Gasteiger partial charge in [0.2, 0.25) is 0 Å². The zero-order chi connectivity index (χ0) is 44.4. The van der Waals surface area contributed by atoms with Crippen molar-refractivity contribution in [1.29, 1.82) is 0 Å². The van der Waals surface area contributed by atoms with Crippen molar-refractivity contribution in [2.75, 3.05) is 13.2 Å². The normalized spacial score (nSPS) is 12.2. The van der Waals surface area contributed by atoms with E-state index in [1.807, 2.05) is 0 Å². The maximum absolute atomic E-state index is 12.8. The minimum atomic E-state index is -0.778. The summed E-state index contributed by atoms with van der Waals surface area (Å²) in [4.78, 5) is 37.9. The molecule has 0 radical (unpaired) electrons. The number of hydrogen-bond acceptors (Lipinski definition) is 6. The summed E-state index contributed by atoms with van der Waals surface area (Å²) >= 11 is 0. The lowest BCUT2D eigenvalue weighted by molar-refractivity contribution is -0.167. The standard InChI is InChI=1S/C55H100O6/c1-4-7-10-13-16-19-22-24-26-27-29-30-33-36-39-42-45-48-54(57)60-51-52(50-59-53(56)47-44-41-38-35-32-21-18-15-12-9-6-3)61-55(58)49-46-43-40-37-34-31-28-25-23-20-17-14-11-8-5-2/h15,18,24-26,28,52H,4-14,16-17,19-23,27,29-51H2,1-3H3/b18-15-,26-24-,28-25-/t52-/m1/s1. The molecule has 0 heterocycles. The molecule has 0 aliphatic carbocycles. The van der Waals surface area contributed by atoms with Crippen molar-refractivity contribution in [3.05, 3.63) is 36.5 Å². The topological polar surface area (TPSA) is 78.9 Å². The van der Waals surface area contributed by atoms with E-state index in [1.54, 1.807) is 0 Å². The Hall–Kier alpha value is -2.37. The lowest BCUT2D eigenvalue weighted by atomic mass is 10.1. The largest absolute Gasteiger partial charge is 0.462 e. The molecule has 0 fully saturated rings. The quantitative estimate of drug-likeness (QED) is 0.0262. The second kappa shape index (κ2) is 50.3. The first-order chi connectivity index (χ1) is 30.0. The van der Waals surface area contributed by atoms with Crippen molar-refractivity contribution < 1.29 is 28.6 Å². The van der Waals surface area contributed by atoms with Crippen LogP contribution in [0.25, 0.3) is 0 Å². The number of hydrogen-bond donors (Lipinski definition) is 0. The molecule has 0 spiro atoms. The summed E-state index contributed by atoms with van der Waals surface area (Å²) in [5, 5.41) is 0. The van der Waals surface area contributed by atoms with Gasteiger partial charge in [-0.05, 0) is 89.9 Å². The Morgan fingerprint density at radius 3 is 0.869 bits per heavy atom. The van der Waals surface area contributed by atoms with Gasteiger partial charge in [0.1, 0.15) is 13.2 Å². The molecule has 0 N–H and O–H groups in total. The highest BCUT2D eigenvalue weighted by Crippen LogP contribution is 2.15. The molecule has 0 aromatic carbocycles. The van der Waals surface area contributed by atoms with Crippen LogP contribution in [0.5, 0.6) is 0 Å². The number of allylic oxidation sites excluding steroid dienone is 6. The lowest BCUT2D eigenvalue weighted by Crippen LogP contribution is -2.30. The van der Waals surface area contributed by atoms with Gasteiger partial charge in [-0.3, -0.25) is 14.4 Å². The molecule has 0 unspecified atom stereocenters. The van der Waals surface area contributed by atoms with Crippen LogP contribution in [0.1, 0.15) is 278 Å². The molecule has 0 aromatic rings. The minimum absolute atomic E-state index is 0.0788. The number of carbonyl (C=O) groups excluding carboxylic acids is 3. The van der Waals surface area contributed by atoms with E-state index in [4.69, 9.17) is 14.2 Å². The van der Waals surface area contributed by atoms with Gasteiger partial charge in [-0.1, -0.05) is 205 Å². The van der Waals surface area contributed by atoms with Crippen LogP contribution in [0.3, 0.4) is 0 Å². The van der Waals surface area contributed by atoms with Crippen molar-refractivity contribution in [2.45, 2.75) is 284 Å². The fraction of sp³-hybridized carbons (Fsp3) is 0.836. The Morgan fingerprint density at radius 2 is 0.557 bits per heavy atom. The molecule has 0 aliphatic rings. The van der Waals surface area contributed by atoms with Crippen LogP contribution >= 0.6 is 0 Å². The van der Waals surface area contributed by atoms with Gasteiger partial charge in [0.25, 0.3) is 0 Å². The third-order valence-electron chi connectivity index (χ3n) is 11.6. The van der Waals surface area contributed by atoms with E-state index in [0.29, 0.717) is 19.3 Å². The number of unbranched alkanes of at least 4 members (excludes halogenated alkanes) is 31. The molecular formula is C55H100O6. The number of esters is 3. The van der Waals surface area contributed by atoms with E-state index in [-0.39, 0.29) is 31.1 Å². The fourth-order valence-corrected chi connectivity index (χ4v) is 7.53. The average molecular weight is 857 g/mol. The van der Waals surface area contributed by atoms with Crippen molar-refractivity contribution in [1.82, 2.24) is 0 Å². The van der Waals surface area contributed by atoms with E-state index >= 15 is 0 Å². The second-order valence-electron chi connectivity index (χ2n) is 17.8. The Labute approximate surface area is 378 Å². The monoisotopic (exact) mass is 857 g/mol. The number of ether oxygens (including phenoxy) is 3. The smallest absolute Gasteiger partial charge is 0.306 e. The summed E-state index contributed by atoms with van der Waals surface area (Å²) < 4.78 is 16.8. The van der Waals surface area contributed by atoms with Gasteiger partial charge in [0.05, 0.1) is 0 Å². The Balaban J connectivity index is 4.35. The van der Waals surface area contributed by atoms with Crippen LogP contribution < -0.4 is 0 Å². The summed E-state index contributed by atoms with van der Waals surface area (Å²) in [6.45, 7) is 6.59. The van der Waals surface area contributed by atoms with Crippen molar-refractivity contribution >= 4 is 17.9 Å². The first-order valence-electron chi connectivity index (χ1n) is 26.5. The zero-order valence-corrected chi connectivity index (χ0v) is 40.7. The molecule has 1 atom stereocenters. The first-order valence-corrected chi connectivity index (χ1v) is 26.5. The highest BCUT2D eigenvalue weighted by atomic mass is 16.6. The predicted octanol–water partition coefficient (Wildman–Crippen LogP) is 17.3. The van der Waals surface area contributed by atoms with E-state index in [9.17, 15) is 14.4 Å². The molecule has 0 bridgehead atoms. The maximum Gasteiger partial charge on any atom is 0.306 e. The summed E-state index contributed by atoms with van der Waals surface area (Å²) in [5.74, 6) is -0.892. The van der Waals surface area contributed by atoms with Crippen LogP contribution in [-0.4, -0.2) is 37.2 Å². The molecule has 61 heavy (non-hydrogen) atoms. The first kappa shape index (κ1) is 58.6. The molecule has 0 aromatic heterocycles. The highest BCUT2D eigenvalue weighted by molar-refractivity contribution is 5.71. The molecule has 0 saturated heterocycles. The van der Waals surface area contributed by atoms with Gasteiger partial charge in [-0.15, -0.1) is 0 Å². The summed E-state index contributed by atoms with van der Waals surface area (Å²) in [5.41, 5.74) is 0. The summed E-state index contributed by atoms with van der Waals surface area (Å²) in [6, 6.07) is 0. The predicted molar refractivity (Wildman–Crippen MR) is 261 cm³/mol. The van der Waals surface area contributed by atoms with E-state index in [2.05, 4.69) is 57.2 Å². The highest BCUT2D eigenvalue weighted by Gasteiger charge is 2.19. The molecule has 0 saturated carbocycles. The SMILES string of the molecule is CCCC/C=C\CCCCCCCC(=O)OC[C@H](COC(=O)CCCCCCCCC/C=C\CCCCCCCC)OC(=O)CCCCCCC/C=C\CCCCCCCC. The van der Waals surface area contributed by atoms with Crippen LogP contribution in [0.2, 0.25) is 0 Å². The molecule has 6 nitrogen and oxygen atoms in total. The van der Waals surface area contributed by atoms with Crippen molar-refractivity contribution in [2.24, 2.45) is 0 Å². The van der Waals surface area contributed by atoms with E-state index in [0.717, 1.165) is 70.6 Å². The third kappa shape index (κ3) is 48.5. The van der Waals surface area contributed by atoms with Crippen LogP contribution in [0.4, 0.5) is 0 Å². The Bertz CT molecular complexity index is 1030. The molecule has 0 amide bonds. The van der Waals surface area contributed by atoms with E-state index < -0.39 is 6.10 Å². The summed E-state index contributed by atoms with van der Waals surface area (Å²) in [7, 11) is 0. The fourth-order valence-electron chi connectivity index (χ4n) is 7.53. The van der Waals surface area contributed by atoms with Crippen molar-refractivity contribution in [3.63, 3.8) is 0 Å². The Kier molecular flexibility index (Phi) is 48.3. The minimum Gasteiger partial charge on any atom is -0.462 e. The van der Waals surface area contributed by atoms with E-state index in [1.165, 1.54) is 167 Å². The average Bonchev–Trinajstić information content (AvgIpc) is 3.26. The molecule has 6 heteroatoms. The lowest BCUT2D eigenvalue weighted by Gasteiger charge is -2.18. The van der Waals surface area contributed by atoms with Crippen LogP contribution in [-0.2, 0) is 28.6 Å². The van der Waals surface area contributed by atoms with Gasteiger partial charge in [0.15, 0.2) is 6.10 Å². The number of carbonyl (C=O) groups is 3. The molecule has 356 valence electrons. The number of rotatable bonds is 48. The zero-order valence-electron chi connectivity index (χ0n) is 40.7. The van der Waals surface area contributed by atoms with Gasteiger partial charge in [-0.2, -0.15) is 0 Å².